The number of rotatable bonds is 5. The summed E-state index contributed by atoms with van der Waals surface area (Å²) in [5.41, 5.74) is 4.80. The maximum absolute atomic E-state index is 13.6. The van der Waals surface area contributed by atoms with Crippen molar-refractivity contribution in [3.8, 4) is 22.4 Å². The lowest BCUT2D eigenvalue weighted by Crippen LogP contribution is -2.25. The second-order valence-corrected chi connectivity index (χ2v) is 11.5. The van der Waals surface area contributed by atoms with Gasteiger partial charge >= 0.3 is 0 Å². The predicted octanol–water partition coefficient (Wildman–Crippen LogP) is 3.58. The average Bonchev–Trinajstić information content (AvgIpc) is 3.65. The van der Waals surface area contributed by atoms with Gasteiger partial charge in [0.05, 0.1) is 16.6 Å². The summed E-state index contributed by atoms with van der Waals surface area (Å²) < 4.78 is 25.5. The molecule has 8 nitrogen and oxygen atoms in total. The highest BCUT2D eigenvalue weighted by Crippen LogP contribution is 2.31. The fourth-order valence-corrected chi connectivity index (χ4v) is 5.11. The Morgan fingerprint density at radius 1 is 1.00 bits per heavy atom. The molecule has 1 N–H and O–H groups in total. The minimum absolute atomic E-state index is 0.141. The summed E-state index contributed by atoms with van der Waals surface area (Å²) in [7, 11) is -1.68. The van der Waals surface area contributed by atoms with Gasteiger partial charge in [-0.2, -0.15) is 5.10 Å². The number of carbonyl (C=O) groups is 1. The number of fused-ring (bicyclic) bond motifs is 1. The Balaban J connectivity index is 1.66. The van der Waals surface area contributed by atoms with Gasteiger partial charge in [0.1, 0.15) is 5.69 Å². The minimum Gasteiger partial charge on any atom is -0.349 e. The smallest absolute Gasteiger partial charge is 0.258 e. The quantitative estimate of drug-likeness (QED) is 0.447. The van der Waals surface area contributed by atoms with E-state index in [0.717, 1.165) is 24.7 Å². The van der Waals surface area contributed by atoms with Gasteiger partial charge in [-0.15, -0.1) is 5.10 Å². The number of hydrogen-bond acceptors (Lipinski definition) is 6. The molecule has 0 aliphatic heterocycles. The van der Waals surface area contributed by atoms with Crippen molar-refractivity contribution in [3.63, 3.8) is 0 Å². The highest BCUT2D eigenvalue weighted by Gasteiger charge is 2.24. The maximum Gasteiger partial charge on any atom is 0.258 e. The molecule has 4 aromatic rings. The number of hydrogen-bond donors (Lipinski definition) is 1. The van der Waals surface area contributed by atoms with Crippen LogP contribution in [0.2, 0.25) is 0 Å². The maximum atomic E-state index is 13.6. The molecule has 1 aliphatic carbocycles. The Bertz CT molecular complexity index is 1720. The lowest BCUT2D eigenvalue weighted by Gasteiger charge is -2.15. The first-order valence-electron chi connectivity index (χ1n) is 11.6. The van der Waals surface area contributed by atoms with Gasteiger partial charge < -0.3 is 9.88 Å². The molecule has 0 bridgehead atoms. The van der Waals surface area contributed by atoms with Gasteiger partial charge in [0.25, 0.3) is 11.5 Å². The fraction of sp³-hybridized carbons (Fsp3) is 0.259. The van der Waals surface area contributed by atoms with Crippen LogP contribution in [0.4, 0.5) is 0 Å². The highest BCUT2D eigenvalue weighted by atomic mass is 32.2. The Labute approximate surface area is 208 Å². The van der Waals surface area contributed by atoms with E-state index in [0.29, 0.717) is 44.4 Å². The van der Waals surface area contributed by atoms with E-state index in [9.17, 15) is 18.0 Å². The van der Waals surface area contributed by atoms with Crippen molar-refractivity contribution in [2.45, 2.75) is 37.6 Å². The van der Waals surface area contributed by atoms with Crippen LogP contribution in [0.5, 0.6) is 0 Å². The van der Waals surface area contributed by atoms with E-state index in [4.69, 9.17) is 0 Å². The number of nitrogens with zero attached hydrogens (tertiary/aromatic N) is 3. The third kappa shape index (κ3) is 4.30. The van der Waals surface area contributed by atoms with Gasteiger partial charge in [-0.05, 0) is 73.7 Å². The van der Waals surface area contributed by atoms with Crippen LogP contribution < -0.4 is 10.9 Å². The summed E-state index contributed by atoms with van der Waals surface area (Å²) >= 11 is 0. The third-order valence-electron chi connectivity index (χ3n) is 6.61. The van der Waals surface area contributed by atoms with Crippen LogP contribution in [0, 0.1) is 13.8 Å². The molecule has 2 aromatic carbocycles. The summed E-state index contributed by atoms with van der Waals surface area (Å²) in [6.07, 6.45) is 4.75. The van der Waals surface area contributed by atoms with Crippen LogP contribution in [0.3, 0.4) is 0 Å². The number of aromatic nitrogens is 3. The van der Waals surface area contributed by atoms with Crippen LogP contribution in [0.15, 0.2) is 58.4 Å². The second-order valence-electron chi connectivity index (χ2n) is 9.45. The summed E-state index contributed by atoms with van der Waals surface area (Å²) in [5, 5.41) is 12.2. The van der Waals surface area contributed by atoms with Gasteiger partial charge in [0, 0.05) is 41.4 Å². The molecule has 36 heavy (non-hydrogen) atoms. The monoisotopic (exact) mass is 502 g/mol. The number of amides is 1. The van der Waals surface area contributed by atoms with E-state index in [2.05, 4.69) is 15.5 Å². The summed E-state index contributed by atoms with van der Waals surface area (Å²) in [4.78, 5) is 26.4. The predicted molar refractivity (Wildman–Crippen MR) is 139 cm³/mol. The lowest BCUT2D eigenvalue weighted by atomic mass is 9.97. The molecular formula is C27H26N4O4S. The van der Waals surface area contributed by atoms with E-state index in [1.165, 1.54) is 10.6 Å². The number of benzene rings is 2. The van der Waals surface area contributed by atoms with E-state index in [-0.39, 0.29) is 22.4 Å². The van der Waals surface area contributed by atoms with Gasteiger partial charge in [0.2, 0.25) is 0 Å². The van der Waals surface area contributed by atoms with Crippen LogP contribution in [-0.2, 0) is 16.9 Å². The van der Waals surface area contributed by atoms with Crippen molar-refractivity contribution >= 4 is 26.6 Å². The molecule has 0 atom stereocenters. The number of sulfone groups is 1. The number of nitrogens with one attached hydrogen (secondary N) is 1. The first-order valence-corrected chi connectivity index (χ1v) is 13.5. The molecule has 9 heteroatoms. The molecule has 2 aromatic heterocycles. The molecule has 0 saturated heterocycles. The van der Waals surface area contributed by atoms with Crippen LogP contribution in [-0.4, -0.2) is 41.4 Å². The van der Waals surface area contributed by atoms with E-state index in [1.807, 2.05) is 13.0 Å². The SMILES string of the molecule is Cc1ccc(C(=O)NC2CC2)cc1-c1cc2cnnc(-c3ccc(S(C)(=O)=O)cc3C)c2n(C)c1=O. The topological polar surface area (TPSA) is 111 Å². The third-order valence-corrected chi connectivity index (χ3v) is 7.72. The van der Waals surface area contributed by atoms with Crippen LogP contribution in [0.25, 0.3) is 33.3 Å². The Hall–Kier alpha value is -3.85. The molecule has 184 valence electrons. The zero-order valence-electron chi connectivity index (χ0n) is 20.5. The summed E-state index contributed by atoms with van der Waals surface area (Å²) in [6.45, 7) is 3.71. The van der Waals surface area contributed by atoms with Gasteiger partial charge in [-0.1, -0.05) is 12.1 Å². The summed E-state index contributed by atoms with van der Waals surface area (Å²) in [5.74, 6) is -0.141. The van der Waals surface area contributed by atoms with Crippen molar-refractivity contribution in [2.24, 2.45) is 7.05 Å². The van der Waals surface area contributed by atoms with E-state index in [1.54, 1.807) is 50.5 Å². The molecular weight excluding hydrogens is 476 g/mol. The van der Waals surface area contributed by atoms with E-state index < -0.39 is 9.84 Å². The molecule has 0 radical (unpaired) electrons. The molecule has 1 aliphatic rings. The second kappa shape index (κ2) is 8.67. The lowest BCUT2D eigenvalue weighted by molar-refractivity contribution is 0.0951. The zero-order valence-corrected chi connectivity index (χ0v) is 21.3. The van der Waals surface area contributed by atoms with Gasteiger partial charge in [-0.3, -0.25) is 9.59 Å². The zero-order chi connectivity index (χ0) is 25.8. The number of pyridine rings is 1. The first kappa shape index (κ1) is 23.9. The standard InChI is InChI=1S/C27H26N4O4S/c1-15-5-6-17(26(32)29-19-7-8-19)12-22(15)23-13-18-14-28-30-24(25(18)31(3)27(23)33)21-10-9-20(11-16(21)2)36(4,34)35/h5-6,9-14,19H,7-8H2,1-4H3,(H,29,32). The Morgan fingerprint density at radius 3 is 2.42 bits per heavy atom. The molecule has 1 amide bonds. The normalized spacial score (nSPS) is 13.7. The largest absolute Gasteiger partial charge is 0.349 e. The molecule has 0 unspecified atom stereocenters. The van der Waals surface area contributed by atoms with Crippen LogP contribution in [0.1, 0.15) is 34.3 Å². The first-order chi connectivity index (χ1) is 17.0. The van der Waals surface area contributed by atoms with Crippen molar-refractivity contribution in [1.29, 1.82) is 0 Å². The van der Waals surface area contributed by atoms with Crippen LogP contribution >= 0.6 is 0 Å². The van der Waals surface area contributed by atoms with E-state index >= 15 is 0 Å². The number of aryl methyl sites for hydroxylation is 3. The minimum atomic E-state index is -3.35. The Kier molecular flexibility index (Phi) is 5.75. The van der Waals surface area contributed by atoms with Gasteiger partial charge in [-0.25, -0.2) is 8.42 Å². The van der Waals surface area contributed by atoms with Crippen molar-refractivity contribution < 1.29 is 13.2 Å². The molecule has 0 spiro atoms. The molecule has 5 rings (SSSR count). The average molecular weight is 503 g/mol. The summed E-state index contributed by atoms with van der Waals surface area (Å²) in [6, 6.07) is 12.2. The Morgan fingerprint density at radius 2 is 1.75 bits per heavy atom. The highest BCUT2D eigenvalue weighted by molar-refractivity contribution is 7.90. The van der Waals surface area contributed by atoms with Crippen molar-refractivity contribution in [1.82, 2.24) is 20.1 Å². The van der Waals surface area contributed by atoms with Crippen molar-refractivity contribution in [3.05, 3.63) is 75.7 Å². The fourth-order valence-electron chi connectivity index (χ4n) is 4.41. The van der Waals surface area contributed by atoms with Crippen molar-refractivity contribution in [2.75, 3.05) is 6.26 Å². The molecule has 1 fully saturated rings. The van der Waals surface area contributed by atoms with Gasteiger partial charge in [0.15, 0.2) is 9.84 Å². The molecule has 1 saturated carbocycles. The number of carbonyl (C=O) groups excluding carboxylic acids is 1. The molecule has 2 heterocycles.